The van der Waals surface area contributed by atoms with E-state index in [2.05, 4.69) is 21.9 Å². The maximum atomic E-state index is 12.4. The molecule has 0 unspecified atom stereocenters. The highest BCUT2D eigenvalue weighted by molar-refractivity contribution is 7.88. The average Bonchev–Trinajstić information content (AvgIpc) is 2.74. The van der Waals surface area contributed by atoms with Gasteiger partial charge in [0.2, 0.25) is 10.0 Å². The van der Waals surface area contributed by atoms with E-state index in [4.69, 9.17) is 4.74 Å². The van der Waals surface area contributed by atoms with Crippen LogP contribution in [-0.4, -0.2) is 39.7 Å². The topological polar surface area (TPSA) is 102 Å². The molecule has 7 nitrogen and oxygen atoms in total. The predicted octanol–water partition coefficient (Wildman–Crippen LogP) is 2.06. The summed E-state index contributed by atoms with van der Waals surface area (Å²) in [5, 5.41) is 2.69. The van der Waals surface area contributed by atoms with Gasteiger partial charge in [-0.3, -0.25) is 4.79 Å². The van der Waals surface area contributed by atoms with E-state index < -0.39 is 22.0 Å². The summed E-state index contributed by atoms with van der Waals surface area (Å²) in [6, 6.07) is 13.3. The number of carbonyl (C=O) groups is 2. The largest absolute Gasteiger partial charge is 0.467 e. The standard InChI is InChI=1S/C23H26N2O5S/c1-16(2)21(23(27)30-3)25-22(26)20-13-11-18(12-14-20)6-5-17-7-9-19(10-8-17)15-24-31(4,28)29/h7-14,16,21,24H,15H2,1-4H3,(H,25,26)/t21-/m0/s1. The molecule has 2 aromatic rings. The number of hydrogen-bond donors (Lipinski definition) is 2. The van der Waals surface area contributed by atoms with Crippen LogP contribution in [0.3, 0.4) is 0 Å². The lowest BCUT2D eigenvalue weighted by atomic mass is 10.0. The minimum atomic E-state index is -3.23. The highest BCUT2D eigenvalue weighted by Gasteiger charge is 2.25. The van der Waals surface area contributed by atoms with E-state index in [-0.39, 0.29) is 18.4 Å². The smallest absolute Gasteiger partial charge is 0.328 e. The zero-order valence-electron chi connectivity index (χ0n) is 17.9. The summed E-state index contributed by atoms with van der Waals surface area (Å²) >= 11 is 0. The van der Waals surface area contributed by atoms with E-state index in [0.29, 0.717) is 5.56 Å². The van der Waals surface area contributed by atoms with Crippen LogP contribution in [-0.2, 0) is 26.1 Å². The van der Waals surface area contributed by atoms with Gasteiger partial charge >= 0.3 is 5.97 Å². The SMILES string of the molecule is COC(=O)[C@@H](NC(=O)c1ccc(C#Cc2ccc(CNS(C)(=O)=O)cc2)cc1)C(C)C. The Labute approximate surface area is 183 Å². The van der Waals surface area contributed by atoms with Crippen molar-refractivity contribution in [2.24, 2.45) is 5.92 Å². The molecule has 0 bridgehead atoms. The Morgan fingerprint density at radius 2 is 1.48 bits per heavy atom. The number of carbonyl (C=O) groups excluding carboxylic acids is 2. The summed E-state index contributed by atoms with van der Waals surface area (Å²) in [5.41, 5.74) is 2.76. The van der Waals surface area contributed by atoms with Crippen LogP contribution in [0.4, 0.5) is 0 Å². The molecule has 0 spiro atoms. The lowest BCUT2D eigenvalue weighted by Crippen LogP contribution is -2.45. The molecule has 8 heteroatoms. The van der Waals surface area contributed by atoms with Crippen LogP contribution in [0.2, 0.25) is 0 Å². The van der Waals surface area contributed by atoms with Crippen molar-refractivity contribution in [1.82, 2.24) is 10.0 Å². The van der Waals surface area contributed by atoms with Crippen LogP contribution >= 0.6 is 0 Å². The van der Waals surface area contributed by atoms with Gasteiger partial charge in [-0.15, -0.1) is 0 Å². The maximum absolute atomic E-state index is 12.4. The Kier molecular flexibility index (Phi) is 8.37. The summed E-state index contributed by atoms with van der Waals surface area (Å²) in [6.07, 6.45) is 1.11. The van der Waals surface area contributed by atoms with E-state index in [1.165, 1.54) is 7.11 Å². The van der Waals surface area contributed by atoms with Crippen molar-refractivity contribution >= 4 is 21.9 Å². The van der Waals surface area contributed by atoms with Gasteiger partial charge in [0, 0.05) is 23.2 Å². The average molecular weight is 443 g/mol. The minimum Gasteiger partial charge on any atom is -0.467 e. The van der Waals surface area contributed by atoms with E-state index in [9.17, 15) is 18.0 Å². The second-order valence-electron chi connectivity index (χ2n) is 7.34. The fraction of sp³-hybridized carbons (Fsp3) is 0.304. The van der Waals surface area contributed by atoms with Gasteiger partial charge in [-0.05, 0) is 47.9 Å². The van der Waals surface area contributed by atoms with Crippen molar-refractivity contribution in [2.75, 3.05) is 13.4 Å². The molecule has 1 amide bonds. The lowest BCUT2D eigenvalue weighted by Gasteiger charge is -2.19. The van der Waals surface area contributed by atoms with E-state index in [0.717, 1.165) is 22.9 Å². The van der Waals surface area contributed by atoms with Crippen LogP contribution in [0, 0.1) is 17.8 Å². The second-order valence-corrected chi connectivity index (χ2v) is 9.17. The fourth-order valence-electron chi connectivity index (χ4n) is 2.62. The molecule has 0 radical (unpaired) electrons. The van der Waals surface area contributed by atoms with E-state index in [1.54, 1.807) is 24.3 Å². The first-order valence-corrected chi connectivity index (χ1v) is 11.5. The molecule has 0 heterocycles. The Bertz CT molecular complexity index is 1080. The Morgan fingerprint density at radius 3 is 1.94 bits per heavy atom. The number of esters is 1. The summed E-state index contributed by atoms with van der Waals surface area (Å²) in [5.74, 6) is 5.11. The van der Waals surface area contributed by atoms with Gasteiger partial charge in [-0.25, -0.2) is 17.9 Å². The predicted molar refractivity (Wildman–Crippen MR) is 119 cm³/mol. The number of ether oxygens (including phenoxy) is 1. The van der Waals surface area contributed by atoms with Crippen molar-refractivity contribution in [3.8, 4) is 11.8 Å². The fourth-order valence-corrected chi connectivity index (χ4v) is 3.05. The molecule has 2 N–H and O–H groups in total. The first-order chi connectivity index (χ1) is 14.6. The van der Waals surface area contributed by atoms with Crippen molar-refractivity contribution < 1.29 is 22.7 Å². The first kappa shape index (κ1) is 24.1. The van der Waals surface area contributed by atoms with E-state index >= 15 is 0 Å². The lowest BCUT2D eigenvalue weighted by molar-refractivity contribution is -0.144. The molecular weight excluding hydrogens is 416 g/mol. The van der Waals surface area contributed by atoms with Gasteiger partial charge in [0.05, 0.1) is 13.4 Å². The van der Waals surface area contributed by atoms with Crippen molar-refractivity contribution in [3.63, 3.8) is 0 Å². The third-order valence-electron chi connectivity index (χ3n) is 4.40. The first-order valence-electron chi connectivity index (χ1n) is 9.63. The molecule has 0 saturated carbocycles. The number of sulfonamides is 1. The monoisotopic (exact) mass is 442 g/mol. The van der Waals surface area contributed by atoms with Gasteiger partial charge in [-0.2, -0.15) is 0 Å². The van der Waals surface area contributed by atoms with Crippen LogP contribution in [0.1, 0.15) is 40.9 Å². The van der Waals surface area contributed by atoms with Crippen molar-refractivity contribution in [2.45, 2.75) is 26.4 Å². The minimum absolute atomic E-state index is 0.102. The number of benzene rings is 2. The molecule has 0 aromatic heterocycles. The number of nitrogens with one attached hydrogen (secondary N) is 2. The maximum Gasteiger partial charge on any atom is 0.328 e. The summed E-state index contributed by atoms with van der Waals surface area (Å²) in [7, 11) is -1.95. The van der Waals surface area contributed by atoms with Gasteiger partial charge in [0.25, 0.3) is 5.91 Å². The molecule has 0 fully saturated rings. The van der Waals surface area contributed by atoms with Crippen LogP contribution in [0.15, 0.2) is 48.5 Å². The molecule has 31 heavy (non-hydrogen) atoms. The quantitative estimate of drug-likeness (QED) is 0.505. The molecule has 1 atom stereocenters. The van der Waals surface area contributed by atoms with Crippen molar-refractivity contribution in [1.29, 1.82) is 0 Å². The van der Waals surface area contributed by atoms with Gasteiger partial charge < -0.3 is 10.1 Å². The van der Waals surface area contributed by atoms with Crippen molar-refractivity contribution in [3.05, 3.63) is 70.8 Å². The van der Waals surface area contributed by atoms with Gasteiger partial charge in [-0.1, -0.05) is 37.8 Å². The number of rotatable bonds is 7. The molecule has 0 aliphatic carbocycles. The molecule has 0 aliphatic rings. The molecular formula is C23H26N2O5S. The Hall–Kier alpha value is -3.15. The Morgan fingerprint density at radius 1 is 0.968 bits per heavy atom. The molecule has 0 aliphatic heterocycles. The third-order valence-corrected chi connectivity index (χ3v) is 5.07. The highest BCUT2D eigenvalue weighted by Crippen LogP contribution is 2.09. The second kappa shape index (κ2) is 10.8. The molecule has 0 saturated heterocycles. The zero-order chi connectivity index (χ0) is 23.0. The zero-order valence-corrected chi connectivity index (χ0v) is 18.7. The van der Waals surface area contributed by atoms with Crippen LogP contribution in [0.5, 0.6) is 0 Å². The third kappa shape index (κ3) is 7.89. The van der Waals surface area contributed by atoms with Gasteiger partial charge in [0.15, 0.2) is 0 Å². The summed E-state index contributed by atoms with van der Waals surface area (Å²) in [4.78, 5) is 24.2. The number of methoxy groups -OCH3 is 1. The van der Waals surface area contributed by atoms with E-state index in [1.807, 2.05) is 38.1 Å². The summed E-state index contributed by atoms with van der Waals surface area (Å²) < 4.78 is 29.5. The molecule has 164 valence electrons. The van der Waals surface area contributed by atoms with Crippen LogP contribution in [0.25, 0.3) is 0 Å². The normalized spacial score (nSPS) is 11.9. The molecule has 2 rings (SSSR count). The number of hydrogen-bond acceptors (Lipinski definition) is 5. The Balaban J connectivity index is 2.02. The molecule has 2 aromatic carbocycles. The number of amides is 1. The van der Waals surface area contributed by atoms with Crippen LogP contribution < -0.4 is 10.0 Å². The summed E-state index contributed by atoms with van der Waals surface area (Å²) in [6.45, 7) is 3.88. The highest BCUT2D eigenvalue weighted by atomic mass is 32.2. The van der Waals surface area contributed by atoms with Gasteiger partial charge in [0.1, 0.15) is 6.04 Å².